The Bertz CT molecular complexity index is 875. The summed E-state index contributed by atoms with van der Waals surface area (Å²) in [6.07, 6.45) is 1.03. The molecule has 2 unspecified atom stereocenters. The van der Waals surface area contributed by atoms with Gasteiger partial charge < -0.3 is 14.9 Å². The summed E-state index contributed by atoms with van der Waals surface area (Å²) in [4.78, 5) is 24.7. The number of halogens is 2. The molecule has 0 aromatic heterocycles. The van der Waals surface area contributed by atoms with E-state index in [1.54, 1.807) is 0 Å². The van der Waals surface area contributed by atoms with Gasteiger partial charge in [0, 0.05) is 34.7 Å². The molecule has 5 nitrogen and oxygen atoms in total. The van der Waals surface area contributed by atoms with E-state index in [2.05, 4.69) is 0 Å². The van der Waals surface area contributed by atoms with Crippen molar-refractivity contribution in [1.29, 1.82) is 0 Å². The van der Waals surface area contributed by atoms with E-state index in [4.69, 9.17) is 16.3 Å². The van der Waals surface area contributed by atoms with Crippen LogP contribution in [0.2, 0.25) is 5.02 Å². The lowest BCUT2D eigenvalue weighted by atomic mass is 9.88. The molecule has 2 aromatic carbocycles. The highest BCUT2D eigenvalue weighted by Crippen LogP contribution is 2.32. The number of hydrogen-bond donors (Lipinski definition) is 2. The summed E-state index contributed by atoms with van der Waals surface area (Å²) in [6, 6.07) is 7.83. The number of hydrogen-bond acceptors (Lipinski definition) is 4. The van der Waals surface area contributed by atoms with Gasteiger partial charge in [0.1, 0.15) is 5.82 Å². The van der Waals surface area contributed by atoms with Crippen LogP contribution < -0.4 is 0 Å². The third-order valence-corrected chi connectivity index (χ3v) is 5.10. The van der Waals surface area contributed by atoms with Crippen molar-refractivity contribution in [3.63, 3.8) is 0 Å². The maximum absolute atomic E-state index is 14.7. The van der Waals surface area contributed by atoms with E-state index in [1.165, 1.54) is 24.3 Å². The van der Waals surface area contributed by atoms with Crippen molar-refractivity contribution in [2.24, 2.45) is 0 Å². The molecule has 1 aliphatic heterocycles. The number of carboxylic acids is 1. The molecule has 2 N–H and O–H groups in total. The monoisotopic (exact) mass is 406 g/mol. The van der Waals surface area contributed by atoms with E-state index in [0.717, 1.165) is 31.4 Å². The van der Waals surface area contributed by atoms with Crippen LogP contribution in [0.15, 0.2) is 36.4 Å². The van der Waals surface area contributed by atoms with Crippen molar-refractivity contribution in [3.05, 3.63) is 69.5 Å². The van der Waals surface area contributed by atoms with Gasteiger partial charge in [-0.25, -0.2) is 9.18 Å². The second-order valence-corrected chi connectivity index (χ2v) is 7.20. The lowest BCUT2D eigenvalue weighted by molar-refractivity contribution is -0.0162. The van der Waals surface area contributed by atoms with E-state index in [9.17, 15) is 24.2 Å². The lowest BCUT2D eigenvalue weighted by Crippen LogP contribution is -2.24. The number of carboxylic acid groups (broad SMARTS) is 1. The third-order valence-electron chi connectivity index (χ3n) is 4.85. The van der Waals surface area contributed by atoms with Gasteiger partial charge in [-0.2, -0.15) is 0 Å². The molecule has 1 heterocycles. The fraction of sp³-hybridized carbons (Fsp3) is 0.333. The predicted octanol–water partition coefficient (Wildman–Crippen LogP) is 4.40. The number of rotatable bonds is 6. The minimum atomic E-state index is -1.38. The largest absolute Gasteiger partial charge is 0.478 e. The number of carbonyl (C=O) groups is 2. The van der Waals surface area contributed by atoms with E-state index in [1.807, 2.05) is 0 Å². The van der Waals surface area contributed by atoms with Gasteiger partial charge in [0.15, 0.2) is 5.78 Å². The Balaban J connectivity index is 2.05. The molecule has 0 bridgehead atoms. The predicted molar refractivity (Wildman–Crippen MR) is 101 cm³/mol. The Morgan fingerprint density at radius 1 is 1.18 bits per heavy atom. The highest BCUT2D eigenvalue weighted by Gasteiger charge is 2.30. The minimum Gasteiger partial charge on any atom is -0.478 e. The smallest absolute Gasteiger partial charge is 0.336 e. The number of ether oxygens (including phenoxy) is 1. The zero-order valence-electron chi connectivity index (χ0n) is 15.0. The summed E-state index contributed by atoms with van der Waals surface area (Å²) in [5.41, 5.74) is -0.869. The van der Waals surface area contributed by atoms with E-state index in [-0.39, 0.29) is 34.8 Å². The standard InChI is InChI=1S/C21H20ClFO5/c22-13-6-4-12(5-7-13)20(25)18-15(21(26)27)8-9-16(23)19(18)17(24)11-14-3-1-2-10-28-14/h4-9,14,17,24H,1-3,10-11H2,(H,26,27). The summed E-state index contributed by atoms with van der Waals surface area (Å²) in [7, 11) is 0. The molecule has 2 aromatic rings. The number of carbonyl (C=O) groups excluding carboxylic acids is 1. The van der Waals surface area contributed by atoms with Crippen LogP contribution in [0, 0.1) is 5.82 Å². The Hall–Kier alpha value is -2.28. The molecule has 3 rings (SSSR count). The van der Waals surface area contributed by atoms with Crippen LogP contribution >= 0.6 is 11.6 Å². The molecular formula is C21H20ClFO5. The molecule has 148 valence electrons. The summed E-state index contributed by atoms with van der Waals surface area (Å²) in [6.45, 7) is 0.561. The first-order valence-electron chi connectivity index (χ1n) is 9.04. The van der Waals surface area contributed by atoms with Gasteiger partial charge in [-0.3, -0.25) is 4.79 Å². The summed E-state index contributed by atoms with van der Waals surface area (Å²) < 4.78 is 20.3. The van der Waals surface area contributed by atoms with Gasteiger partial charge in [-0.15, -0.1) is 0 Å². The van der Waals surface area contributed by atoms with Crippen molar-refractivity contribution >= 4 is 23.4 Å². The van der Waals surface area contributed by atoms with Crippen LogP contribution in [0.5, 0.6) is 0 Å². The van der Waals surface area contributed by atoms with E-state index < -0.39 is 23.7 Å². The van der Waals surface area contributed by atoms with Crippen LogP contribution in [0.1, 0.15) is 63.6 Å². The first-order chi connectivity index (χ1) is 13.4. The Labute approximate surface area is 166 Å². The zero-order chi connectivity index (χ0) is 20.3. The minimum absolute atomic E-state index is 0.0842. The molecule has 2 atom stereocenters. The second-order valence-electron chi connectivity index (χ2n) is 6.76. The van der Waals surface area contributed by atoms with Crippen LogP contribution in [0.4, 0.5) is 4.39 Å². The van der Waals surface area contributed by atoms with Gasteiger partial charge >= 0.3 is 5.97 Å². The molecule has 0 saturated carbocycles. The Morgan fingerprint density at radius 3 is 2.50 bits per heavy atom. The molecule has 0 aliphatic carbocycles. The molecule has 0 amide bonds. The fourth-order valence-corrected chi connectivity index (χ4v) is 3.57. The summed E-state index contributed by atoms with van der Waals surface area (Å²) in [5.74, 6) is -2.89. The van der Waals surface area contributed by atoms with Gasteiger partial charge in [0.05, 0.1) is 17.8 Å². The maximum atomic E-state index is 14.7. The molecule has 0 radical (unpaired) electrons. The molecule has 1 fully saturated rings. The van der Waals surface area contributed by atoms with Crippen molar-refractivity contribution in [3.8, 4) is 0 Å². The summed E-state index contributed by atoms with van der Waals surface area (Å²) >= 11 is 5.84. The highest BCUT2D eigenvalue weighted by atomic mass is 35.5. The second kappa shape index (κ2) is 8.82. The van der Waals surface area contributed by atoms with Gasteiger partial charge in [0.2, 0.25) is 0 Å². The van der Waals surface area contributed by atoms with E-state index in [0.29, 0.717) is 11.6 Å². The van der Waals surface area contributed by atoms with Crippen LogP contribution in [0.25, 0.3) is 0 Å². The number of aliphatic hydroxyl groups is 1. The Morgan fingerprint density at radius 2 is 1.89 bits per heavy atom. The number of benzene rings is 2. The molecule has 1 saturated heterocycles. The van der Waals surface area contributed by atoms with Crippen molar-refractivity contribution in [2.75, 3.05) is 6.61 Å². The number of aliphatic hydroxyl groups excluding tert-OH is 1. The lowest BCUT2D eigenvalue weighted by Gasteiger charge is -2.26. The topological polar surface area (TPSA) is 83.8 Å². The number of aromatic carboxylic acids is 1. The van der Waals surface area contributed by atoms with Crippen molar-refractivity contribution < 1.29 is 28.9 Å². The summed E-state index contributed by atoms with van der Waals surface area (Å²) in [5, 5.41) is 20.6. The first kappa shape index (κ1) is 20.5. The van der Waals surface area contributed by atoms with Gasteiger partial charge in [-0.05, 0) is 55.7 Å². The third kappa shape index (κ3) is 4.41. The average Bonchev–Trinajstić information content (AvgIpc) is 2.68. The maximum Gasteiger partial charge on any atom is 0.336 e. The highest BCUT2D eigenvalue weighted by molar-refractivity contribution is 6.30. The molecule has 0 spiro atoms. The molecule has 1 aliphatic rings. The van der Waals surface area contributed by atoms with Crippen LogP contribution in [-0.4, -0.2) is 34.7 Å². The molecular weight excluding hydrogens is 387 g/mol. The quantitative estimate of drug-likeness (QED) is 0.694. The average molecular weight is 407 g/mol. The van der Waals surface area contributed by atoms with Gasteiger partial charge in [0.25, 0.3) is 0 Å². The molecule has 7 heteroatoms. The first-order valence-corrected chi connectivity index (χ1v) is 9.42. The Kier molecular flexibility index (Phi) is 6.44. The van der Waals surface area contributed by atoms with Crippen LogP contribution in [-0.2, 0) is 4.74 Å². The van der Waals surface area contributed by atoms with Crippen LogP contribution in [0.3, 0.4) is 0 Å². The SMILES string of the molecule is O=C(O)c1ccc(F)c(C(O)CC2CCCCO2)c1C(=O)c1ccc(Cl)cc1. The van der Waals surface area contributed by atoms with Crippen molar-refractivity contribution in [1.82, 2.24) is 0 Å². The zero-order valence-corrected chi connectivity index (χ0v) is 15.8. The van der Waals surface area contributed by atoms with E-state index >= 15 is 0 Å². The molecule has 28 heavy (non-hydrogen) atoms. The van der Waals surface area contributed by atoms with Gasteiger partial charge in [-0.1, -0.05) is 11.6 Å². The van der Waals surface area contributed by atoms with Crippen molar-refractivity contribution in [2.45, 2.75) is 37.9 Å². The normalized spacial score (nSPS) is 17.9. The fourth-order valence-electron chi connectivity index (χ4n) is 3.45. The number of ketones is 1.